The van der Waals surface area contributed by atoms with Crippen LogP contribution in [0.5, 0.6) is 0 Å². The van der Waals surface area contributed by atoms with E-state index in [4.69, 9.17) is 0 Å². The van der Waals surface area contributed by atoms with Crippen LogP contribution in [-0.4, -0.2) is 18.1 Å². The van der Waals surface area contributed by atoms with Gasteiger partial charge in [0, 0.05) is 6.54 Å². The van der Waals surface area contributed by atoms with E-state index < -0.39 is 0 Å². The molecule has 2 heteroatoms. The van der Waals surface area contributed by atoms with E-state index in [-0.39, 0.29) is 0 Å². The Labute approximate surface area is 115 Å². The third-order valence-electron chi connectivity index (χ3n) is 4.13. The second-order valence-electron chi connectivity index (χ2n) is 5.70. The monoisotopic (exact) mass is 261 g/mol. The van der Waals surface area contributed by atoms with Gasteiger partial charge in [-0.2, -0.15) is 11.8 Å². The normalized spacial score (nSPS) is 21.1. The summed E-state index contributed by atoms with van der Waals surface area (Å²) in [7, 11) is 0. The van der Waals surface area contributed by atoms with E-state index in [2.05, 4.69) is 41.3 Å². The van der Waals surface area contributed by atoms with E-state index >= 15 is 0 Å². The van der Waals surface area contributed by atoms with Crippen LogP contribution >= 0.6 is 11.8 Å². The van der Waals surface area contributed by atoms with Gasteiger partial charge in [-0.1, -0.05) is 24.3 Å². The molecule has 3 rings (SSSR count). The smallest absolute Gasteiger partial charge is 0.0205 e. The highest BCUT2D eigenvalue weighted by atomic mass is 32.2. The molecule has 1 saturated heterocycles. The molecule has 1 aromatic carbocycles. The highest BCUT2D eigenvalue weighted by Gasteiger charge is 2.22. The number of thioether (sulfide) groups is 1. The van der Waals surface area contributed by atoms with Crippen molar-refractivity contribution in [2.24, 2.45) is 5.92 Å². The fourth-order valence-electron chi connectivity index (χ4n) is 2.70. The second kappa shape index (κ2) is 6.12. The fourth-order valence-corrected chi connectivity index (χ4v) is 3.90. The Morgan fingerprint density at radius 3 is 2.39 bits per heavy atom. The van der Waals surface area contributed by atoms with Gasteiger partial charge in [-0.15, -0.1) is 0 Å². The number of benzene rings is 1. The van der Waals surface area contributed by atoms with Crippen LogP contribution < -0.4 is 5.32 Å². The number of rotatable bonds is 5. The van der Waals surface area contributed by atoms with Crippen molar-refractivity contribution in [3.63, 3.8) is 0 Å². The minimum atomic E-state index is 0.881. The number of nitrogens with one attached hydrogen (secondary N) is 1. The molecule has 18 heavy (non-hydrogen) atoms. The zero-order chi connectivity index (χ0) is 12.2. The molecule has 0 atom stereocenters. The van der Waals surface area contributed by atoms with Crippen LogP contribution in [0.4, 0.5) is 0 Å². The van der Waals surface area contributed by atoms with Crippen molar-refractivity contribution < 1.29 is 0 Å². The highest BCUT2D eigenvalue weighted by Crippen LogP contribution is 2.39. The van der Waals surface area contributed by atoms with Crippen LogP contribution in [0, 0.1) is 5.92 Å². The summed E-state index contributed by atoms with van der Waals surface area (Å²) in [5, 5.41) is 3.63. The molecule has 1 aliphatic heterocycles. The van der Waals surface area contributed by atoms with Gasteiger partial charge in [0.05, 0.1) is 0 Å². The van der Waals surface area contributed by atoms with E-state index in [0.29, 0.717) is 0 Å². The van der Waals surface area contributed by atoms with Crippen LogP contribution in [-0.2, 0) is 6.54 Å². The Balaban J connectivity index is 1.41. The minimum Gasteiger partial charge on any atom is -0.312 e. The Kier molecular flexibility index (Phi) is 4.27. The molecule has 0 amide bonds. The second-order valence-corrected chi connectivity index (χ2v) is 6.93. The van der Waals surface area contributed by atoms with Crippen molar-refractivity contribution >= 4 is 11.8 Å². The van der Waals surface area contributed by atoms with Gasteiger partial charge in [0.25, 0.3) is 0 Å². The summed E-state index contributed by atoms with van der Waals surface area (Å²) in [4.78, 5) is 0. The topological polar surface area (TPSA) is 12.0 Å². The molecule has 1 heterocycles. The van der Waals surface area contributed by atoms with Gasteiger partial charge in [-0.3, -0.25) is 0 Å². The molecule has 2 fully saturated rings. The molecule has 1 N–H and O–H groups in total. The maximum atomic E-state index is 3.63. The number of hydrogen-bond donors (Lipinski definition) is 1. The number of hydrogen-bond acceptors (Lipinski definition) is 2. The lowest BCUT2D eigenvalue weighted by atomic mass is 10.0. The first kappa shape index (κ1) is 12.6. The van der Waals surface area contributed by atoms with Gasteiger partial charge in [-0.05, 0) is 66.7 Å². The molecule has 0 unspecified atom stereocenters. The van der Waals surface area contributed by atoms with E-state index in [1.807, 2.05) is 0 Å². The lowest BCUT2D eigenvalue weighted by Crippen LogP contribution is -2.25. The first-order chi connectivity index (χ1) is 8.92. The van der Waals surface area contributed by atoms with Gasteiger partial charge in [-0.25, -0.2) is 0 Å². The lowest BCUT2D eigenvalue weighted by molar-refractivity contribution is 0.447. The van der Waals surface area contributed by atoms with E-state index in [0.717, 1.165) is 18.4 Å². The zero-order valence-corrected chi connectivity index (χ0v) is 11.8. The van der Waals surface area contributed by atoms with Gasteiger partial charge >= 0.3 is 0 Å². The summed E-state index contributed by atoms with van der Waals surface area (Å²) in [5.41, 5.74) is 2.98. The Morgan fingerprint density at radius 1 is 1.00 bits per heavy atom. The highest BCUT2D eigenvalue weighted by molar-refractivity contribution is 7.99. The molecular formula is C16H23NS. The average Bonchev–Trinajstić information content (AvgIpc) is 3.25. The van der Waals surface area contributed by atoms with Crippen LogP contribution in [0.15, 0.2) is 24.3 Å². The Bertz CT molecular complexity index is 363. The van der Waals surface area contributed by atoms with Gasteiger partial charge in [0.2, 0.25) is 0 Å². The summed E-state index contributed by atoms with van der Waals surface area (Å²) in [6.45, 7) is 2.24. The van der Waals surface area contributed by atoms with Gasteiger partial charge in [0.15, 0.2) is 0 Å². The summed E-state index contributed by atoms with van der Waals surface area (Å²) in [6.07, 6.45) is 5.60. The van der Waals surface area contributed by atoms with E-state index in [9.17, 15) is 0 Å². The average molecular weight is 261 g/mol. The SMILES string of the molecule is c1cc(C2CC2)ccc1CNCC1CCSCC1. The predicted molar refractivity (Wildman–Crippen MR) is 80.2 cm³/mol. The molecule has 2 aliphatic rings. The molecule has 0 spiro atoms. The molecule has 1 saturated carbocycles. The molecule has 0 radical (unpaired) electrons. The minimum absolute atomic E-state index is 0.881. The van der Waals surface area contributed by atoms with Crippen molar-refractivity contribution in [1.29, 1.82) is 0 Å². The van der Waals surface area contributed by atoms with E-state index in [1.165, 1.54) is 49.3 Å². The Hall–Kier alpha value is -0.470. The summed E-state index contributed by atoms with van der Waals surface area (Å²) in [5.74, 6) is 4.52. The summed E-state index contributed by atoms with van der Waals surface area (Å²) >= 11 is 2.11. The first-order valence-electron chi connectivity index (χ1n) is 7.29. The summed E-state index contributed by atoms with van der Waals surface area (Å²) in [6, 6.07) is 9.26. The van der Waals surface area contributed by atoms with Crippen molar-refractivity contribution in [2.45, 2.75) is 38.1 Å². The summed E-state index contributed by atoms with van der Waals surface area (Å²) < 4.78 is 0. The largest absolute Gasteiger partial charge is 0.312 e. The molecule has 1 aliphatic carbocycles. The first-order valence-corrected chi connectivity index (χ1v) is 8.44. The third kappa shape index (κ3) is 3.52. The van der Waals surface area contributed by atoms with Crippen molar-refractivity contribution in [3.8, 4) is 0 Å². The molecule has 1 aromatic rings. The van der Waals surface area contributed by atoms with Crippen LogP contribution in [0.25, 0.3) is 0 Å². The van der Waals surface area contributed by atoms with Crippen molar-refractivity contribution in [2.75, 3.05) is 18.1 Å². The van der Waals surface area contributed by atoms with Crippen molar-refractivity contribution in [3.05, 3.63) is 35.4 Å². The predicted octanol–water partition coefficient (Wildman–Crippen LogP) is 3.80. The molecule has 0 bridgehead atoms. The molecule has 1 nitrogen and oxygen atoms in total. The third-order valence-corrected chi connectivity index (χ3v) is 5.18. The molecule has 98 valence electrons. The van der Waals surface area contributed by atoms with Crippen LogP contribution in [0.2, 0.25) is 0 Å². The Morgan fingerprint density at radius 2 is 1.72 bits per heavy atom. The maximum absolute atomic E-state index is 3.63. The lowest BCUT2D eigenvalue weighted by Gasteiger charge is -2.21. The standard InChI is InChI=1S/C16H23NS/c1-3-15(16-5-6-16)4-2-13(1)11-17-12-14-7-9-18-10-8-14/h1-4,14,16-17H,5-12H2. The van der Waals surface area contributed by atoms with Crippen LogP contribution in [0.3, 0.4) is 0 Å². The van der Waals surface area contributed by atoms with Gasteiger partial charge in [0.1, 0.15) is 0 Å². The van der Waals surface area contributed by atoms with Gasteiger partial charge < -0.3 is 5.32 Å². The van der Waals surface area contributed by atoms with Crippen molar-refractivity contribution in [1.82, 2.24) is 5.32 Å². The quantitative estimate of drug-likeness (QED) is 0.865. The molecular weight excluding hydrogens is 238 g/mol. The van der Waals surface area contributed by atoms with E-state index in [1.54, 1.807) is 5.56 Å². The zero-order valence-electron chi connectivity index (χ0n) is 11.0. The molecule has 0 aromatic heterocycles. The van der Waals surface area contributed by atoms with Crippen LogP contribution in [0.1, 0.15) is 42.7 Å². The fraction of sp³-hybridized carbons (Fsp3) is 0.625. The maximum Gasteiger partial charge on any atom is 0.0205 e.